The van der Waals surface area contributed by atoms with Crippen molar-refractivity contribution in [2.75, 3.05) is 0 Å². The first kappa shape index (κ1) is 13.2. The molecule has 21 heavy (non-hydrogen) atoms. The molecule has 0 unspecified atom stereocenters. The second kappa shape index (κ2) is 4.97. The summed E-state index contributed by atoms with van der Waals surface area (Å²) < 4.78 is 27.8. The summed E-state index contributed by atoms with van der Waals surface area (Å²) in [4.78, 5) is 15.4. The monoisotopic (exact) mass is 288 g/mol. The Bertz CT molecular complexity index is 826. The summed E-state index contributed by atoms with van der Waals surface area (Å²) in [6, 6.07) is 8.28. The average molecular weight is 288 g/mol. The van der Waals surface area contributed by atoms with E-state index in [1.165, 1.54) is 47.0 Å². The maximum Gasteiger partial charge on any atom is 0.309 e. The van der Waals surface area contributed by atoms with E-state index in [0.29, 0.717) is 22.6 Å². The van der Waals surface area contributed by atoms with E-state index >= 15 is 0 Å². The van der Waals surface area contributed by atoms with Gasteiger partial charge < -0.3 is 5.11 Å². The van der Waals surface area contributed by atoms with Gasteiger partial charge in [0.25, 0.3) is 0 Å². The number of rotatable bonds is 3. The minimum atomic E-state index is -1.05. The molecule has 6 heteroatoms. The minimum Gasteiger partial charge on any atom is -0.481 e. The normalized spacial score (nSPS) is 11.0. The number of hydrogen-bond donors (Lipinski definition) is 1. The molecule has 4 nitrogen and oxygen atoms in total. The van der Waals surface area contributed by atoms with Crippen molar-refractivity contribution in [1.82, 2.24) is 9.38 Å². The van der Waals surface area contributed by atoms with Crippen molar-refractivity contribution in [3.8, 4) is 11.3 Å². The van der Waals surface area contributed by atoms with Crippen molar-refractivity contribution in [1.29, 1.82) is 0 Å². The van der Waals surface area contributed by atoms with Gasteiger partial charge in [0.05, 0.1) is 17.8 Å². The molecule has 0 fully saturated rings. The number of benzene rings is 1. The zero-order valence-corrected chi connectivity index (χ0v) is 10.8. The highest BCUT2D eigenvalue weighted by Gasteiger charge is 2.17. The highest BCUT2D eigenvalue weighted by Crippen LogP contribution is 2.25. The minimum absolute atomic E-state index is 0.308. The van der Waals surface area contributed by atoms with Crippen LogP contribution >= 0.6 is 0 Å². The topological polar surface area (TPSA) is 54.6 Å². The highest BCUT2D eigenvalue weighted by atomic mass is 19.1. The van der Waals surface area contributed by atoms with E-state index < -0.39 is 17.6 Å². The Morgan fingerprint density at radius 3 is 2.43 bits per heavy atom. The van der Waals surface area contributed by atoms with Gasteiger partial charge in [-0.25, -0.2) is 13.8 Å². The van der Waals surface area contributed by atoms with Crippen molar-refractivity contribution >= 4 is 11.6 Å². The third-order valence-electron chi connectivity index (χ3n) is 3.12. The number of nitrogens with zero attached hydrogens (tertiary/aromatic N) is 2. The number of hydrogen-bond acceptors (Lipinski definition) is 2. The number of fused-ring (bicyclic) bond motifs is 1. The molecule has 0 amide bonds. The van der Waals surface area contributed by atoms with Crippen molar-refractivity contribution in [3.05, 3.63) is 59.9 Å². The summed E-state index contributed by atoms with van der Waals surface area (Å²) in [5.41, 5.74) is 1.77. The van der Waals surface area contributed by atoms with Gasteiger partial charge in [-0.05, 0) is 36.4 Å². The van der Waals surface area contributed by atoms with Crippen LogP contribution in [-0.4, -0.2) is 20.5 Å². The van der Waals surface area contributed by atoms with E-state index in [2.05, 4.69) is 4.98 Å². The van der Waals surface area contributed by atoms with Crippen molar-refractivity contribution in [3.63, 3.8) is 0 Å². The van der Waals surface area contributed by atoms with E-state index in [1.807, 2.05) is 0 Å². The summed E-state index contributed by atoms with van der Waals surface area (Å²) >= 11 is 0. The molecule has 0 saturated carbocycles. The molecule has 3 aromatic rings. The third-order valence-corrected chi connectivity index (χ3v) is 3.12. The van der Waals surface area contributed by atoms with E-state index in [9.17, 15) is 13.6 Å². The Balaban J connectivity index is 2.25. The van der Waals surface area contributed by atoms with E-state index in [4.69, 9.17) is 5.11 Å². The maximum absolute atomic E-state index is 13.4. The van der Waals surface area contributed by atoms with Gasteiger partial charge >= 0.3 is 5.97 Å². The van der Waals surface area contributed by atoms with Gasteiger partial charge in [-0.2, -0.15) is 0 Å². The zero-order chi connectivity index (χ0) is 15.0. The van der Waals surface area contributed by atoms with Crippen LogP contribution in [0.1, 0.15) is 5.69 Å². The SMILES string of the molecule is O=C(O)Cc1c(-c2ccc(F)cc2)nc2ccc(F)cn12. The standard InChI is InChI=1S/C15H10F2N2O2/c16-10-3-1-9(2-4-10)15-12(7-14(20)21)19-8-11(17)5-6-13(19)18-15/h1-6,8H,7H2,(H,20,21). The van der Waals surface area contributed by atoms with Crippen molar-refractivity contribution in [2.45, 2.75) is 6.42 Å². The van der Waals surface area contributed by atoms with Crippen molar-refractivity contribution < 1.29 is 18.7 Å². The molecule has 106 valence electrons. The number of halogens is 2. The molecule has 0 aliphatic carbocycles. The fraction of sp³-hybridized carbons (Fsp3) is 0.0667. The molecule has 0 bridgehead atoms. The molecule has 0 radical (unpaired) electrons. The first-order valence-electron chi connectivity index (χ1n) is 6.19. The Morgan fingerprint density at radius 2 is 1.76 bits per heavy atom. The molecular weight excluding hydrogens is 278 g/mol. The number of imidazole rings is 1. The molecular formula is C15H10F2N2O2. The van der Waals surface area contributed by atoms with Crippen LogP contribution in [0.4, 0.5) is 8.78 Å². The molecule has 3 rings (SSSR count). The lowest BCUT2D eigenvalue weighted by molar-refractivity contribution is -0.136. The van der Waals surface area contributed by atoms with Crippen molar-refractivity contribution in [2.24, 2.45) is 0 Å². The number of carboxylic acid groups (broad SMARTS) is 1. The van der Waals surface area contributed by atoms with Crippen LogP contribution < -0.4 is 0 Å². The number of carbonyl (C=O) groups is 1. The Labute approximate surface area is 118 Å². The summed E-state index contributed by atoms with van der Waals surface area (Å²) in [5, 5.41) is 9.03. The molecule has 1 N–H and O–H groups in total. The molecule has 0 atom stereocenters. The highest BCUT2D eigenvalue weighted by molar-refractivity contribution is 5.76. The van der Waals surface area contributed by atoms with Crippen LogP contribution in [0, 0.1) is 11.6 Å². The Kier molecular flexibility index (Phi) is 3.13. The number of pyridine rings is 1. The summed E-state index contributed by atoms with van der Waals surface area (Å²) in [7, 11) is 0. The summed E-state index contributed by atoms with van der Waals surface area (Å²) in [6.45, 7) is 0. The number of aliphatic carboxylic acids is 1. The van der Waals surface area contributed by atoms with E-state index in [0.717, 1.165) is 0 Å². The predicted molar refractivity (Wildman–Crippen MR) is 71.9 cm³/mol. The van der Waals surface area contributed by atoms with Gasteiger partial charge in [-0.3, -0.25) is 9.20 Å². The Hall–Kier alpha value is -2.76. The van der Waals surface area contributed by atoms with Crippen LogP contribution in [0.2, 0.25) is 0 Å². The predicted octanol–water partition coefficient (Wildman–Crippen LogP) is 2.91. The van der Waals surface area contributed by atoms with Crippen LogP contribution in [-0.2, 0) is 11.2 Å². The fourth-order valence-electron chi connectivity index (χ4n) is 2.22. The largest absolute Gasteiger partial charge is 0.481 e. The fourth-order valence-corrected chi connectivity index (χ4v) is 2.22. The third kappa shape index (κ3) is 2.47. The molecule has 1 aromatic carbocycles. The average Bonchev–Trinajstić information content (AvgIpc) is 2.77. The molecule has 0 aliphatic heterocycles. The lowest BCUT2D eigenvalue weighted by Crippen LogP contribution is -2.05. The second-order valence-corrected chi connectivity index (χ2v) is 4.56. The second-order valence-electron chi connectivity index (χ2n) is 4.56. The molecule has 2 heterocycles. The lowest BCUT2D eigenvalue weighted by atomic mass is 10.1. The zero-order valence-electron chi connectivity index (χ0n) is 10.8. The molecule has 2 aromatic heterocycles. The quantitative estimate of drug-likeness (QED) is 0.806. The van der Waals surface area contributed by atoms with Gasteiger partial charge in [0.15, 0.2) is 0 Å². The van der Waals surface area contributed by atoms with Gasteiger partial charge in [0.2, 0.25) is 0 Å². The number of aromatic nitrogens is 2. The molecule has 0 saturated heterocycles. The Morgan fingerprint density at radius 1 is 1.10 bits per heavy atom. The van der Waals surface area contributed by atoms with Crippen LogP contribution in [0.3, 0.4) is 0 Å². The first-order valence-corrected chi connectivity index (χ1v) is 6.19. The van der Waals surface area contributed by atoms with Crippen LogP contribution in [0.15, 0.2) is 42.6 Å². The number of carboxylic acids is 1. The van der Waals surface area contributed by atoms with Crippen LogP contribution in [0.5, 0.6) is 0 Å². The van der Waals surface area contributed by atoms with Crippen LogP contribution in [0.25, 0.3) is 16.9 Å². The van der Waals surface area contributed by atoms with Gasteiger partial charge in [-0.15, -0.1) is 0 Å². The van der Waals surface area contributed by atoms with E-state index in [1.54, 1.807) is 0 Å². The van der Waals surface area contributed by atoms with Gasteiger partial charge in [0, 0.05) is 11.8 Å². The van der Waals surface area contributed by atoms with Gasteiger partial charge in [-0.1, -0.05) is 0 Å². The summed E-state index contributed by atoms with van der Waals surface area (Å²) in [5.74, 6) is -1.94. The lowest BCUT2D eigenvalue weighted by Gasteiger charge is -2.03. The first-order chi connectivity index (χ1) is 10.0. The molecule has 0 aliphatic rings. The maximum atomic E-state index is 13.4. The smallest absolute Gasteiger partial charge is 0.309 e. The van der Waals surface area contributed by atoms with Gasteiger partial charge in [0.1, 0.15) is 17.3 Å². The molecule has 0 spiro atoms. The summed E-state index contributed by atoms with van der Waals surface area (Å²) in [6.07, 6.45) is 0.880. The van der Waals surface area contributed by atoms with E-state index in [-0.39, 0.29) is 6.42 Å².